The van der Waals surface area contributed by atoms with E-state index in [1.807, 2.05) is 7.05 Å². The summed E-state index contributed by atoms with van der Waals surface area (Å²) in [5.74, 6) is 0. The standard InChI is InChI=1S/C8H18FN3/c1-10-11-7-8(9)3-5-12(2)6-4-8/h10-11H,3-7H2,1-2H3. The Labute approximate surface area is 73.3 Å². The molecule has 2 N–H and O–H groups in total. The lowest BCUT2D eigenvalue weighted by atomic mass is 9.94. The SMILES string of the molecule is CNNCC1(F)CCN(C)CC1. The van der Waals surface area contributed by atoms with E-state index in [1.165, 1.54) is 0 Å². The van der Waals surface area contributed by atoms with Crippen LogP contribution in [0.3, 0.4) is 0 Å². The maximum Gasteiger partial charge on any atom is 0.127 e. The van der Waals surface area contributed by atoms with E-state index >= 15 is 0 Å². The van der Waals surface area contributed by atoms with Crippen LogP contribution < -0.4 is 10.9 Å². The van der Waals surface area contributed by atoms with Crippen LogP contribution in [0.4, 0.5) is 4.39 Å². The van der Waals surface area contributed by atoms with Crippen molar-refractivity contribution in [2.45, 2.75) is 18.5 Å². The van der Waals surface area contributed by atoms with E-state index in [-0.39, 0.29) is 0 Å². The van der Waals surface area contributed by atoms with Crippen LogP contribution in [0.25, 0.3) is 0 Å². The highest BCUT2D eigenvalue weighted by atomic mass is 19.1. The number of rotatable bonds is 3. The average molecular weight is 175 g/mol. The van der Waals surface area contributed by atoms with E-state index in [9.17, 15) is 4.39 Å². The van der Waals surface area contributed by atoms with Crippen LogP contribution in [0.1, 0.15) is 12.8 Å². The van der Waals surface area contributed by atoms with Gasteiger partial charge >= 0.3 is 0 Å². The second kappa shape index (κ2) is 4.16. The van der Waals surface area contributed by atoms with Crippen LogP contribution in [-0.4, -0.2) is 44.3 Å². The molecule has 0 atom stereocenters. The van der Waals surface area contributed by atoms with Gasteiger partial charge in [-0.05, 0) is 26.9 Å². The highest BCUT2D eigenvalue weighted by Gasteiger charge is 2.32. The highest BCUT2D eigenvalue weighted by molar-refractivity contribution is 4.86. The first-order valence-corrected chi connectivity index (χ1v) is 4.43. The summed E-state index contributed by atoms with van der Waals surface area (Å²) in [7, 11) is 3.80. The summed E-state index contributed by atoms with van der Waals surface area (Å²) in [5, 5.41) is 0. The Bertz CT molecular complexity index is 127. The van der Waals surface area contributed by atoms with Gasteiger partial charge in [0.05, 0.1) is 0 Å². The number of hydrogen-bond acceptors (Lipinski definition) is 3. The molecule has 1 aliphatic heterocycles. The monoisotopic (exact) mass is 175 g/mol. The summed E-state index contributed by atoms with van der Waals surface area (Å²) < 4.78 is 13.8. The summed E-state index contributed by atoms with van der Waals surface area (Å²) >= 11 is 0. The number of nitrogens with zero attached hydrogens (tertiary/aromatic N) is 1. The number of hydrogen-bond donors (Lipinski definition) is 2. The van der Waals surface area contributed by atoms with Crippen molar-refractivity contribution in [1.82, 2.24) is 15.8 Å². The van der Waals surface area contributed by atoms with Crippen LogP contribution in [-0.2, 0) is 0 Å². The smallest absolute Gasteiger partial charge is 0.127 e. The molecule has 1 rings (SSSR count). The van der Waals surface area contributed by atoms with Crippen LogP contribution in [0.5, 0.6) is 0 Å². The molecule has 0 unspecified atom stereocenters. The van der Waals surface area contributed by atoms with Gasteiger partial charge < -0.3 is 4.90 Å². The highest BCUT2D eigenvalue weighted by Crippen LogP contribution is 2.24. The van der Waals surface area contributed by atoms with Crippen molar-refractivity contribution in [2.75, 3.05) is 33.7 Å². The predicted octanol–water partition coefficient (Wildman–Crippen LogP) is 0.144. The van der Waals surface area contributed by atoms with Crippen molar-refractivity contribution >= 4 is 0 Å². The summed E-state index contributed by atoms with van der Waals surface area (Å²) in [5.41, 5.74) is 4.57. The predicted molar refractivity (Wildman–Crippen MR) is 47.6 cm³/mol. The first-order valence-electron chi connectivity index (χ1n) is 4.43. The molecule has 12 heavy (non-hydrogen) atoms. The van der Waals surface area contributed by atoms with Gasteiger partial charge in [0.25, 0.3) is 0 Å². The van der Waals surface area contributed by atoms with E-state index in [4.69, 9.17) is 0 Å². The lowest BCUT2D eigenvalue weighted by Crippen LogP contribution is -2.48. The van der Waals surface area contributed by atoms with Gasteiger partial charge in [0.15, 0.2) is 0 Å². The normalized spacial score (nSPS) is 24.2. The zero-order chi connectivity index (χ0) is 9.03. The Hall–Kier alpha value is -0.190. The van der Waals surface area contributed by atoms with Gasteiger partial charge in [-0.15, -0.1) is 0 Å². The number of alkyl halides is 1. The molecular weight excluding hydrogens is 157 g/mol. The first-order chi connectivity index (χ1) is 5.66. The zero-order valence-electron chi connectivity index (χ0n) is 7.86. The fraction of sp³-hybridized carbons (Fsp3) is 1.00. The van der Waals surface area contributed by atoms with Gasteiger partial charge in [-0.2, -0.15) is 0 Å². The number of hydrazine groups is 1. The van der Waals surface area contributed by atoms with Crippen molar-refractivity contribution in [1.29, 1.82) is 0 Å². The largest absolute Gasteiger partial charge is 0.306 e. The van der Waals surface area contributed by atoms with Gasteiger partial charge in [-0.3, -0.25) is 10.9 Å². The Morgan fingerprint density at radius 1 is 1.42 bits per heavy atom. The van der Waals surface area contributed by atoms with Gasteiger partial charge in [-0.1, -0.05) is 0 Å². The Morgan fingerprint density at radius 2 is 2.00 bits per heavy atom. The van der Waals surface area contributed by atoms with Gasteiger partial charge in [-0.25, -0.2) is 4.39 Å². The third-order valence-electron chi connectivity index (χ3n) is 2.47. The molecule has 1 heterocycles. The summed E-state index contributed by atoms with van der Waals surface area (Å²) in [6.45, 7) is 2.14. The lowest BCUT2D eigenvalue weighted by molar-refractivity contribution is 0.0664. The van der Waals surface area contributed by atoms with Crippen LogP contribution in [0.2, 0.25) is 0 Å². The van der Waals surface area contributed by atoms with Crippen molar-refractivity contribution < 1.29 is 4.39 Å². The van der Waals surface area contributed by atoms with E-state index in [1.54, 1.807) is 7.05 Å². The fourth-order valence-electron chi connectivity index (χ4n) is 1.44. The van der Waals surface area contributed by atoms with Crippen molar-refractivity contribution in [3.63, 3.8) is 0 Å². The van der Waals surface area contributed by atoms with E-state index in [2.05, 4.69) is 15.8 Å². The van der Waals surface area contributed by atoms with Gasteiger partial charge in [0.2, 0.25) is 0 Å². The van der Waals surface area contributed by atoms with Crippen LogP contribution in [0, 0.1) is 0 Å². The third-order valence-corrected chi connectivity index (χ3v) is 2.47. The van der Waals surface area contributed by atoms with E-state index < -0.39 is 5.67 Å². The summed E-state index contributed by atoms with van der Waals surface area (Å²) in [6, 6.07) is 0. The molecule has 0 bridgehead atoms. The molecule has 3 nitrogen and oxygen atoms in total. The first kappa shape index (κ1) is 9.89. The molecule has 0 saturated carbocycles. The molecule has 0 aromatic rings. The summed E-state index contributed by atoms with van der Waals surface area (Å²) in [6.07, 6.45) is 1.27. The molecule has 0 aromatic heterocycles. The zero-order valence-corrected chi connectivity index (χ0v) is 7.86. The molecule has 0 radical (unpaired) electrons. The van der Waals surface area contributed by atoms with E-state index in [0.717, 1.165) is 13.1 Å². The second-order valence-electron chi connectivity index (χ2n) is 3.56. The minimum absolute atomic E-state index is 0.414. The Kier molecular flexibility index (Phi) is 3.43. The molecule has 72 valence electrons. The molecule has 0 aliphatic carbocycles. The van der Waals surface area contributed by atoms with E-state index in [0.29, 0.717) is 19.4 Å². The van der Waals surface area contributed by atoms with Crippen molar-refractivity contribution in [2.24, 2.45) is 0 Å². The van der Waals surface area contributed by atoms with Gasteiger partial charge in [0, 0.05) is 19.6 Å². The van der Waals surface area contributed by atoms with Crippen LogP contribution in [0.15, 0.2) is 0 Å². The van der Waals surface area contributed by atoms with Crippen LogP contribution >= 0.6 is 0 Å². The number of piperidine rings is 1. The topological polar surface area (TPSA) is 27.3 Å². The van der Waals surface area contributed by atoms with Gasteiger partial charge in [0.1, 0.15) is 5.67 Å². The fourth-order valence-corrected chi connectivity index (χ4v) is 1.44. The Balaban J connectivity index is 2.29. The second-order valence-corrected chi connectivity index (χ2v) is 3.56. The third kappa shape index (κ3) is 2.69. The molecular formula is C8H18FN3. The summed E-state index contributed by atoms with van der Waals surface area (Å²) in [4.78, 5) is 2.16. The lowest BCUT2D eigenvalue weighted by Gasteiger charge is -2.34. The van der Waals surface area contributed by atoms with Crippen molar-refractivity contribution in [3.8, 4) is 0 Å². The van der Waals surface area contributed by atoms with Crippen molar-refractivity contribution in [3.05, 3.63) is 0 Å². The number of halogens is 1. The molecule has 1 saturated heterocycles. The molecule has 0 spiro atoms. The number of nitrogens with one attached hydrogen (secondary N) is 2. The Morgan fingerprint density at radius 3 is 2.50 bits per heavy atom. The maximum atomic E-state index is 13.8. The molecule has 0 amide bonds. The molecule has 4 heteroatoms. The molecule has 1 aliphatic rings. The minimum atomic E-state index is -1.00. The molecule has 0 aromatic carbocycles. The maximum absolute atomic E-state index is 13.8. The quantitative estimate of drug-likeness (QED) is 0.598. The number of likely N-dealkylation sites (tertiary alicyclic amines) is 1. The average Bonchev–Trinajstić information content (AvgIpc) is 2.08. The molecule has 1 fully saturated rings. The minimum Gasteiger partial charge on any atom is -0.306 e.